The molecule has 15 heavy (non-hydrogen) atoms. The molecule has 0 aliphatic rings. The van der Waals surface area contributed by atoms with Crippen molar-refractivity contribution in [3.8, 4) is 11.1 Å². The zero-order valence-corrected chi connectivity index (χ0v) is 8.44. The van der Waals surface area contributed by atoms with Crippen molar-refractivity contribution in [2.24, 2.45) is 7.05 Å². The van der Waals surface area contributed by atoms with Crippen molar-refractivity contribution >= 4 is 6.08 Å². The summed E-state index contributed by atoms with van der Waals surface area (Å²) in [6.45, 7) is 3.66. The number of halogens is 1. The predicted octanol–water partition coefficient (Wildman–Crippen LogP) is 2.87. The van der Waals surface area contributed by atoms with Gasteiger partial charge in [-0.05, 0) is 17.7 Å². The van der Waals surface area contributed by atoms with Crippen LogP contribution in [0.4, 0.5) is 4.39 Å². The fourth-order valence-electron chi connectivity index (χ4n) is 1.45. The maximum absolute atomic E-state index is 13.5. The van der Waals surface area contributed by atoms with E-state index in [0.29, 0.717) is 5.56 Å². The molecule has 0 radical (unpaired) electrons. The predicted molar refractivity (Wildman–Crippen MR) is 58.7 cm³/mol. The second-order valence-corrected chi connectivity index (χ2v) is 3.35. The minimum Gasteiger partial charge on any atom is -0.275 e. The molecule has 0 unspecified atom stereocenters. The fraction of sp³-hybridized carbons (Fsp3) is 0.0833. The van der Waals surface area contributed by atoms with E-state index in [1.807, 2.05) is 0 Å². The fourth-order valence-corrected chi connectivity index (χ4v) is 1.45. The summed E-state index contributed by atoms with van der Waals surface area (Å²) < 4.78 is 15.2. The van der Waals surface area contributed by atoms with Gasteiger partial charge in [0.2, 0.25) is 0 Å². The van der Waals surface area contributed by atoms with E-state index in [9.17, 15) is 4.39 Å². The van der Waals surface area contributed by atoms with E-state index >= 15 is 0 Å². The molecule has 0 fully saturated rings. The average Bonchev–Trinajstić information content (AvgIpc) is 2.65. The van der Waals surface area contributed by atoms with Crippen molar-refractivity contribution in [1.29, 1.82) is 0 Å². The lowest BCUT2D eigenvalue weighted by atomic mass is 10.1. The second-order valence-electron chi connectivity index (χ2n) is 3.35. The highest BCUT2D eigenvalue weighted by Gasteiger charge is 2.06. The van der Waals surface area contributed by atoms with E-state index in [1.165, 1.54) is 6.07 Å². The first-order valence-corrected chi connectivity index (χ1v) is 4.61. The molecule has 0 saturated carbocycles. The number of hydrogen-bond donors (Lipinski definition) is 0. The number of aryl methyl sites for hydroxylation is 1. The first kappa shape index (κ1) is 9.65. The summed E-state index contributed by atoms with van der Waals surface area (Å²) in [6, 6.07) is 4.90. The smallest absolute Gasteiger partial charge is 0.131 e. The molecule has 0 aliphatic carbocycles. The van der Waals surface area contributed by atoms with Gasteiger partial charge in [0, 0.05) is 24.4 Å². The van der Waals surface area contributed by atoms with Gasteiger partial charge in [-0.2, -0.15) is 5.10 Å². The van der Waals surface area contributed by atoms with Gasteiger partial charge < -0.3 is 0 Å². The van der Waals surface area contributed by atoms with Crippen LogP contribution in [-0.2, 0) is 7.05 Å². The lowest BCUT2D eigenvalue weighted by molar-refractivity contribution is 0.631. The summed E-state index contributed by atoms with van der Waals surface area (Å²) >= 11 is 0. The molecule has 0 atom stereocenters. The first-order valence-electron chi connectivity index (χ1n) is 4.61. The third-order valence-electron chi connectivity index (χ3n) is 2.24. The van der Waals surface area contributed by atoms with Gasteiger partial charge in [-0.15, -0.1) is 0 Å². The summed E-state index contributed by atoms with van der Waals surface area (Å²) in [5.74, 6) is -0.242. The highest BCUT2D eigenvalue weighted by molar-refractivity contribution is 5.66. The van der Waals surface area contributed by atoms with Crippen molar-refractivity contribution in [2.75, 3.05) is 0 Å². The SMILES string of the molecule is C=Cc1ccc(F)c(-c2cnn(C)c2)c1. The van der Waals surface area contributed by atoms with Gasteiger partial charge in [0.25, 0.3) is 0 Å². The van der Waals surface area contributed by atoms with Crippen LogP contribution in [0.1, 0.15) is 5.56 Å². The Bertz CT molecular complexity index is 500. The zero-order chi connectivity index (χ0) is 10.8. The van der Waals surface area contributed by atoms with E-state index in [2.05, 4.69) is 11.7 Å². The van der Waals surface area contributed by atoms with Crippen molar-refractivity contribution in [3.63, 3.8) is 0 Å². The molecule has 76 valence electrons. The summed E-state index contributed by atoms with van der Waals surface area (Å²) in [6.07, 6.45) is 5.12. The molecule has 0 spiro atoms. The molecular formula is C12H11FN2. The van der Waals surface area contributed by atoms with E-state index in [-0.39, 0.29) is 5.82 Å². The molecule has 1 heterocycles. The Morgan fingerprint density at radius 1 is 1.47 bits per heavy atom. The molecule has 0 saturated heterocycles. The molecule has 0 amide bonds. The maximum Gasteiger partial charge on any atom is 0.131 e. The van der Waals surface area contributed by atoms with Gasteiger partial charge in [0.15, 0.2) is 0 Å². The van der Waals surface area contributed by atoms with E-state index in [0.717, 1.165) is 11.1 Å². The molecule has 2 aromatic rings. The number of rotatable bonds is 2. The van der Waals surface area contributed by atoms with Gasteiger partial charge in [-0.3, -0.25) is 4.68 Å². The van der Waals surface area contributed by atoms with Crippen LogP contribution in [0.25, 0.3) is 17.2 Å². The summed E-state index contributed by atoms with van der Waals surface area (Å²) in [5.41, 5.74) is 2.23. The Morgan fingerprint density at radius 2 is 2.27 bits per heavy atom. The lowest BCUT2D eigenvalue weighted by Crippen LogP contribution is -1.85. The summed E-state index contributed by atoms with van der Waals surface area (Å²) in [7, 11) is 1.80. The lowest BCUT2D eigenvalue weighted by Gasteiger charge is -2.01. The Hall–Kier alpha value is -1.90. The third kappa shape index (κ3) is 1.81. The van der Waals surface area contributed by atoms with Crippen LogP contribution in [0.2, 0.25) is 0 Å². The Balaban J connectivity index is 2.55. The quantitative estimate of drug-likeness (QED) is 0.732. The standard InChI is InChI=1S/C12H11FN2/c1-3-9-4-5-12(13)11(6-9)10-7-14-15(2)8-10/h3-8H,1H2,2H3. The van der Waals surface area contributed by atoms with Crippen LogP contribution in [0.3, 0.4) is 0 Å². The highest BCUT2D eigenvalue weighted by Crippen LogP contribution is 2.23. The number of aromatic nitrogens is 2. The molecule has 1 aromatic heterocycles. The molecular weight excluding hydrogens is 191 g/mol. The normalized spacial score (nSPS) is 10.3. The van der Waals surface area contributed by atoms with E-state index in [4.69, 9.17) is 0 Å². The van der Waals surface area contributed by atoms with Gasteiger partial charge >= 0.3 is 0 Å². The molecule has 2 rings (SSSR count). The van der Waals surface area contributed by atoms with Crippen LogP contribution in [0, 0.1) is 5.82 Å². The largest absolute Gasteiger partial charge is 0.275 e. The number of benzene rings is 1. The molecule has 2 nitrogen and oxygen atoms in total. The number of hydrogen-bond acceptors (Lipinski definition) is 1. The summed E-state index contributed by atoms with van der Waals surface area (Å²) in [5, 5.41) is 4.01. The first-order chi connectivity index (χ1) is 7.20. The second kappa shape index (κ2) is 3.69. The molecule has 1 aromatic carbocycles. The van der Waals surface area contributed by atoms with Gasteiger partial charge in [0.05, 0.1) is 6.20 Å². The molecule has 0 bridgehead atoms. The van der Waals surface area contributed by atoms with Crippen molar-refractivity contribution < 1.29 is 4.39 Å². The molecule has 0 N–H and O–H groups in total. The minimum atomic E-state index is -0.242. The monoisotopic (exact) mass is 202 g/mol. The molecule has 0 aliphatic heterocycles. The van der Waals surface area contributed by atoms with Crippen LogP contribution >= 0.6 is 0 Å². The third-order valence-corrected chi connectivity index (χ3v) is 2.24. The highest BCUT2D eigenvalue weighted by atomic mass is 19.1. The Labute approximate surface area is 87.7 Å². The molecule has 3 heteroatoms. The summed E-state index contributed by atoms with van der Waals surface area (Å²) in [4.78, 5) is 0. The van der Waals surface area contributed by atoms with Gasteiger partial charge in [-0.25, -0.2) is 4.39 Å². The van der Waals surface area contributed by atoms with Crippen LogP contribution in [-0.4, -0.2) is 9.78 Å². The topological polar surface area (TPSA) is 17.8 Å². The Morgan fingerprint density at radius 3 is 2.87 bits per heavy atom. The van der Waals surface area contributed by atoms with Crippen LogP contribution in [0.15, 0.2) is 37.2 Å². The van der Waals surface area contributed by atoms with Crippen molar-refractivity contribution in [3.05, 3.63) is 48.6 Å². The maximum atomic E-state index is 13.5. The zero-order valence-electron chi connectivity index (χ0n) is 8.44. The minimum absolute atomic E-state index is 0.242. The van der Waals surface area contributed by atoms with Crippen LogP contribution in [0.5, 0.6) is 0 Å². The van der Waals surface area contributed by atoms with Crippen molar-refractivity contribution in [2.45, 2.75) is 0 Å². The average molecular weight is 202 g/mol. The Kier molecular flexibility index (Phi) is 2.37. The van der Waals surface area contributed by atoms with Crippen molar-refractivity contribution in [1.82, 2.24) is 9.78 Å². The van der Waals surface area contributed by atoms with Crippen LogP contribution < -0.4 is 0 Å². The van der Waals surface area contributed by atoms with Gasteiger partial charge in [-0.1, -0.05) is 18.7 Å². The van der Waals surface area contributed by atoms with E-state index in [1.54, 1.807) is 42.3 Å². The number of nitrogens with zero attached hydrogens (tertiary/aromatic N) is 2. The van der Waals surface area contributed by atoms with E-state index < -0.39 is 0 Å². The van der Waals surface area contributed by atoms with Gasteiger partial charge in [0.1, 0.15) is 5.82 Å².